The number of guanidine groups is 1. The second-order valence-electron chi connectivity index (χ2n) is 8.06. The number of piperidine rings is 1. The topological polar surface area (TPSA) is 46.1 Å². The number of hydrogen-bond donors (Lipinski definition) is 2. The van der Waals surface area contributed by atoms with Crippen LogP contribution in [0.3, 0.4) is 0 Å². The zero-order valence-corrected chi connectivity index (χ0v) is 19.2. The molecule has 2 heterocycles. The van der Waals surface area contributed by atoms with Crippen molar-refractivity contribution in [3.05, 3.63) is 0 Å². The average molecular weight is 466 g/mol. The Hall–Kier alpha value is -0.120. The summed E-state index contributed by atoms with van der Waals surface area (Å²) in [5, 5.41) is 7.06. The van der Waals surface area contributed by atoms with E-state index >= 15 is 0 Å². The highest BCUT2D eigenvalue weighted by Gasteiger charge is 2.28. The smallest absolute Gasteiger partial charge is 0.191 e. The molecule has 2 aliphatic heterocycles. The van der Waals surface area contributed by atoms with E-state index in [4.69, 9.17) is 0 Å². The molecule has 6 nitrogen and oxygen atoms in total. The number of nitrogens with one attached hydrogen (secondary N) is 2. The molecular formula is C18H39IN6. The second kappa shape index (κ2) is 10.9. The van der Waals surface area contributed by atoms with Gasteiger partial charge in [-0.05, 0) is 53.9 Å². The third-order valence-electron chi connectivity index (χ3n) is 5.61. The number of piperazine rings is 1. The van der Waals surface area contributed by atoms with Crippen molar-refractivity contribution in [2.45, 2.75) is 44.7 Å². The van der Waals surface area contributed by atoms with Crippen molar-refractivity contribution >= 4 is 29.9 Å². The first-order valence-corrected chi connectivity index (χ1v) is 9.51. The van der Waals surface area contributed by atoms with Crippen molar-refractivity contribution in [1.82, 2.24) is 25.3 Å². The Morgan fingerprint density at radius 1 is 1.04 bits per heavy atom. The SMILES string of the molecule is CN=C(NCC1CN(C)CCN1C)NCC(C)(C)N1CCCCC1.I. The summed E-state index contributed by atoms with van der Waals surface area (Å²) in [6.45, 7) is 12.4. The molecule has 2 saturated heterocycles. The molecule has 1 unspecified atom stereocenters. The van der Waals surface area contributed by atoms with Crippen LogP contribution >= 0.6 is 24.0 Å². The Balaban J connectivity index is 0.00000312. The quantitative estimate of drug-likeness (QED) is 0.363. The van der Waals surface area contributed by atoms with Crippen LogP contribution in [0.1, 0.15) is 33.1 Å². The Morgan fingerprint density at radius 3 is 2.36 bits per heavy atom. The summed E-state index contributed by atoms with van der Waals surface area (Å²) in [6.07, 6.45) is 4.04. The van der Waals surface area contributed by atoms with E-state index in [1.807, 2.05) is 7.05 Å². The number of rotatable bonds is 5. The van der Waals surface area contributed by atoms with E-state index in [2.05, 4.69) is 58.3 Å². The molecule has 0 amide bonds. The van der Waals surface area contributed by atoms with Gasteiger partial charge < -0.3 is 15.5 Å². The van der Waals surface area contributed by atoms with Gasteiger partial charge in [-0.1, -0.05) is 6.42 Å². The predicted octanol–water partition coefficient (Wildman–Crippen LogP) is 1.28. The first kappa shape index (κ1) is 22.9. The van der Waals surface area contributed by atoms with Crippen molar-refractivity contribution in [1.29, 1.82) is 0 Å². The Bertz CT molecular complexity index is 408. The summed E-state index contributed by atoms with van der Waals surface area (Å²) >= 11 is 0. The first-order chi connectivity index (χ1) is 11.4. The summed E-state index contributed by atoms with van der Waals surface area (Å²) in [5.41, 5.74) is 0.167. The van der Waals surface area contributed by atoms with Gasteiger partial charge in [0.15, 0.2) is 5.96 Å². The van der Waals surface area contributed by atoms with Gasteiger partial charge in [0, 0.05) is 51.4 Å². The van der Waals surface area contributed by atoms with Crippen LogP contribution in [0.2, 0.25) is 0 Å². The molecule has 2 N–H and O–H groups in total. The highest BCUT2D eigenvalue weighted by atomic mass is 127. The van der Waals surface area contributed by atoms with Crippen LogP contribution in [-0.4, -0.2) is 99.2 Å². The Morgan fingerprint density at radius 2 is 1.72 bits per heavy atom. The number of likely N-dealkylation sites (N-methyl/N-ethyl adjacent to an activating group) is 2. The number of aliphatic imine (C=N–C) groups is 1. The van der Waals surface area contributed by atoms with Crippen LogP contribution in [0.15, 0.2) is 4.99 Å². The van der Waals surface area contributed by atoms with E-state index < -0.39 is 0 Å². The van der Waals surface area contributed by atoms with Gasteiger partial charge in [0.25, 0.3) is 0 Å². The standard InChI is InChI=1S/C18H38N6.HI/c1-18(2,24-9-7-6-8-10-24)15-21-17(19-3)20-13-16-14-22(4)11-12-23(16)5;/h16H,6-15H2,1-5H3,(H2,19,20,21);1H. The lowest BCUT2D eigenvalue weighted by Gasteiger charge is -2.41. The van der Waals surface area contributed by atoms with E-state index in [9.17, 15) is 0 Å². The molecule has 0 aromatic heterocycles. The molecule has 0 aromatic carbocycles. The largest absolute Gasteiger partial charge is 0.355 e. The number of halogens is 1. The van der Waals surface area contributed by atoms with E-state index in [0.717, 1.165) is 38.7 Å². The van der Waals surface area contributed by atoms with Gasteiger partial charge in [0.05, 0.1) is 0 Å². The highest BCUT2D eigenvalue weighted by Crippen LogP contribution is 2.19. The molecule has 148 valence electrons. The van der Waals surface area contributed by atoms with Crippen LogP contribution in [0.25, 0.3) is 0 Å². The molecule has 25 heavy (non-hydrogen) atoms. The minimum absolute atomic E-state index is 0. The second-order valence-corrected chi connectivity index (χ2v) is 8.06. The third kappa shape index (κ3) is 7.19. The lowest BCUT2D eigenvalue weighted by Crippen LogP contribution is -2.57. The van der Waals surface area contributed by atoms with E-state index in [-0.39, 0.29) is 29.5 Å². The molecule has 0 aliphatic carbocycles. The average Bonchev–Trinajstić information content (AvgIpc) is 2.58. The van der Waals surface area contributed by atoms with Crippen LogP contribution < -0.4 is 10.6 Å². The normalized spacial score (nSPS) is 24.7. The number of hydrogen-bond acceptors (Lipinski definition) is 4. The molecule has 2 fully saturated rings. The van der Waals surface area contributed by atoms with Crippen molar-refractivity contribution in [2.24, 2.45) is 4.99 Å². The maximum absolute atomic E-state index is 4.41. The van der Waals surface area contributed by atoms with Gasteiger partial charge in [-0.25, -0.2) is 0 Å². The number of likely N-dealkylation sites (tertiary alicyclic amines) is 1. The van der Waals surface area contributed by atoms with Crippen LogP contribution in [0, 0.1) is 0 Å². The molecule has 1 atom stereocenters. The number of nitrogens with zero attached hydrogens (tertiary/aromatic N) is 4. The lowest BCUT2D eigenvalue weighted by molar-refractivity contribution is 0.0979. The van der Waals surface area contributed by atoms with Crippen LogP contribution in [-0.2, 0) is 0 Å². The van der Waals surface area contributed by atoms with Gasteiger partial charge >= 0.3 is 0 Å². The fraction of sp³-hybridized carbons (Fsp3) is 0.944. The third-order valence-corrected chi connectivity index (χ3v) is 5.61. The predicted molar refractivity (Wildman–Crippen MR) is 118 cm³/mol. The summed E-state index contributed by atoms with van der Waals surface area (Å²) in [7, 11) is 6.28. The van der Waals surface area contributed by atoms with Gasteiger partial charge in [-0.3, -0.25) is 14.8 Å². The molecule has 0 spiro atoms. The fourth-order valence-corrected chi connectivity index (χ4v) is 3.67. The minimum Gasteiger partial charge on any atom is -0.355 e. The summed E-state index contributed by atoms with van der Waals surface area (Å²) < 4.78 is 0. The Labute approximate surface area is 171 Å². The summed E-state index contributed by atoms with van der Waals surface area (Å²) in [4.78, 5) is 11.9. The van der Waals surface area contributed by atoms with Crippen molar-refractivity contribution in [2.75, 3.05) is 67.0 Å². The molecular weight excluding hydrogens is 427 g/mol. The maximum Gasteiger partial charge on any atom is 0.191 e. The zero-order valence-electron chi connectivity index (χ0n) is 16.8. The highest BCUT2D eigenvalue weighted by molar-refractivity contribution is 14.0. The van der Waals surface area contributed by atoms with Crippen molar-refractivity contribution < 1.29 is 0 Å². The maximum atomic E-state index is 4.41. The van der Waals surface area contributed by atoms with Gasteiger partial charge in [0.2, 0.25) is 0 Å². The summed E-state index contributed by atoms with van der Waals surface area (Å²) in [5.74, 6) is 0.918. The van der Waals surface area contributed by atoms with Crippen LogP contribution in [0.5, 0.6) is 0 Å². The molecule has 2 rings (SSSR count). The molecule has 0 aromatic rings. The molecule has 0 radical (unpaired) electrons. The van der Waals surface area contributed by atoms with Crippen molar-refractivity contribution in [3.8, 4) is 0 Å². The molecule has 0 bridgehead atoms. The minimum atomic E-state index is 0. The fourth-order valence-electron chi connectivity index (χ4n) is 3.67. The Kier molecular flexibility index (Phi) is 9.98. The van der Waals surface area contributed by atoms with Gasteiger partial charge in [0.1, 0.15) is 0 Å². The van der Waals surface area contributed by atoms with Crippen molar-refractivity contribution in [3.63, 3.8) is 0 Å². The van der Waals surface area contributed by atoms with Crippen LogP contribution in [0.4, 0.5) is 0 Å². The van der Waals surface area contributed by atoms with Gasteiger partial charge in [-0.15, -0.1) is 24.0 Å². The molecule has 0 saturated carbocycles. The lowest BCUT2D eigenvalue weighted by atomic mass is 9.98. The zero-order chi connectivity index (χ0) is 17.6. The van der Waals surface area contributed by atoms with E-state index in [1.54, 1.807) is 0 Å². The molecule has 7 heteroatoms. The van der Waals surface area contributed by atoms with E-state index in [1.165, 1.54) is 32.4 Å². The first-order valence-electron chi connectivity index (χ1n) is 9.51. The van der Waals surface area contributed by atoms with Gasteiger partial charge in [-0.2, -0.15) is 0 Å². The molecule has 2 aliphatic rings. The van der Waals surface area contributed by atoms with E-state index in [0.29, 0.717) is 6.04 Å². The summed E-state index contributed by atoms with van der Waals surface area (Å²) in [6, 6.07) is 0.539. The monoisotopic (exact) mass is 466 g/mol.